The standard InChI is InChI=1S/C21H39NO2/c1-2-3-4-5-6-7-8-9-10-11-12-13-14-15-16-17-18-19-24-21(23)20-22/h2-19H2,1H3. The topological polar surface area (TPSA) is 50.1 Å². The highest BCUT2D eigenvalue weighted by atomic mass is 16.5. The molecule has 0 fully saturated rings. The molecule has 0 aliphatic rings. The molecule has 0 aromatic rings. The molecule has 0 bridgehead atoms. The molecule has 24 heavy (non-hydrogen) atoms. The minimum atomic E-state index is -0.758. The number of rotatable bonds is 18. The highest BCUT2D eigenvalue weighted by molar-refractivity contribution is 5.85. The molecule has 3 nitrogen and oxygen atoms in total. The molecule has 0 N–H and O–H groups in total. The molecular formula is C21H39NO2. The average molecular weight is 338 g/mol. The van der Waals surface area contributed by atoms with Crippen LogP contribution < -0.4 is 0 Å². The van der Waals surface area contributed by atoms with Crippen molar-refractivity contribution in [3.8, 4) is 6.07 Å². The van der Waals surface area contributed by atoms with Crippen LogP contribution >= 0.6 is 0 Å². The summed E-state index contributed by atoms with van der Waals surface area (Å²) in [6.07, 6.45) is 22.7. The Bertz CT molecular complexity index is 309. The van der Waals surface area contributed by atoms with E-state index in [1.165, 1.54) is 102 Å². The van der Waals surface area contributed by atoms with E-state index in [0.29, 0.717) is 6.61 Å². The Hall–Kier alpha value is -1.04. The number of ether oxygens (including phenoxy) is 1. The second kappa shape index (κ2) is 20.0. The lowest BCUT2D eigenvalue weighted by Crippen LogP contribution is -2.02. The minimum Gasteiger partial charge on any atom is -0.455 e. The van der Waals surface area contributed by atoms with E-state index >= 15 is 0 Å². The zero-order chi connectivity index (χ0) is 17.7. The van der Waals surface area contributed by atoms with Gasteiger partial charge in [-0.3, -0.25) is 0 Å². The molecule has 3 heteroatoms. The van der Waals surface area contributed by atoms with Crippen molar-refractivity contribution < 1.29 is 9.53 Å². The van der Waals surface area contributed by atoms with Gasteiger partial charge in [0.25, 0.3) is 0 Å². The Morgan fingerprint density at radius 2 is 1.00 bits per heavy atom. The summed E-state index contributed by atoms with van der Waals surface area (Å²) in [4.78, 5) is 10.6. The number of esters is 1. The van der Waals surface area contributed by atoms with Crippen LogP contribution in [-0.2, 0) is 9.53 Å². The lowest BCUT2D eigenvalue weighted by atomic mass is 10.0. The minimum absolute atomic E-state index is 0.394. The molecule has 0 spiro atoms. The molecule has 0 aromatic heterocycles. The number of carbonyl (C=O) groups is 1. The molecule has 0 atom stereocenters. The Morgan fingerprint density at radius 1 is 0.667 bits per heavy atom. The summed E-state index contributed by atoms with van der Waals surface area (Å²) >= 11 is 0. The van der Waals surface area contributed by atoms with Crippen molar-refractivity contribution in [3.05, 3.63) is 0 Å². The van der Waals surface area contributed by atoms with Gasteiger partial charge in [-0.2, -0.15) is 5.26 Å². The molecule has 0 aromatic carbocycles. The SMILES string of the molecule is CCCCCCCCCCCCCCCCCCCOC(=O)C#N. The molecule has 140 valence electrons. The van der Waals surface area contributed by atoms with Crippen LogP contribution in [0.15, 0.2) is 0 Å². The fraction of sp³-hybridized carbons (Fsp3) is 0.905. The first-order valence-electron chi connectivity index (χ1n) is 10.4. The Labute approximate surface area is 150 Å². The van der Waals surface area contributed by atoms with E-state index in [9.17, 15) is 4.79 Å². The van der Waals surface area contributed by atoms with E-state index in [-0.39, 0.29) is 0 Å². The normalized spacial score (nSPS) is 10.5. The first kappa shape index (κ1) is 23.0. The summed E-state index contributed by atoms with van der Waals surface area (Å²) in [7, 11) is 0. The smallest absolute Gasteiger partial charge is 0.411 e. The predicted octanol–water partition coefficient (Wildman–Crippen LogP) is 6.70. The van der Waals surface area contributed by atoms with Gasteiger partial charge in [0, 0.05) is 0 Å². The van der Waals surface area contributed by atoms with Crippen LogP contribution in [0, 0.1) is 11.3 Å². The van der Waals surface area contributed by atoms with Gasteiger partial charge in [0.2, 0.25) is 0 Å². The van der Waals surface area contributed by atoms with Crippen molar-refractivity contribution in [3.63, 3.8) is 0 Å². The molecule has 0 amide bonds. The van der Waals surface area contributed by atoms with E-state index in [4.69, 9.17) is 10.00 Å². The second-order valence-corrected chi connectivity index (χ2v) is 6.90. The van der Waals surface area contributed by atoms with Crippen LogP contribution in [-0.4, -0.2) is 12.6 Å². The van der Waals surface area contributed by atoms with Crippen molar-refractivity contribution in [1.82, 2.24) is 0 Å². The quantitative estimate of drug-likeness (QED) is 0.159. The summed E-state index contributed by atoms with van der Waals surface area (Å²) < 4.78 is 4.72. The summed E-state index contributed by atoms with van der Waals surface area (Å²) in [6.45, 7) is 2.67. The number of carbonyl (C=O) groups excluding carboxylic acids is 1. The van der Waals surface area contributed by atoms with Crippen molar-refractivity contribution >= 4 is 5.97 Å². The van der Waals surface area contributed by atoms with Crippen molar-refractivity contribution in [2.24, 2.45) is 0 Å². The van der Waals surface area contributed by atoms with E-state index < -0.39 is 5.97 Å². The third-order valence-electron chi connectivity index (χ3n) is 4.57. The largest absolute Gasteiger partial charge is 0.455 e. The third-order valence-corrected chi connectivity index (χ3v) is 4.57. The summed E-state index contributed by atoms with van der Waals surface area (Å²) in [5, 5.41) is 8.25. The number of nitrogens with zero attached hydrogens (tertiary/aromatic N) is 1. The van der Waals surface area contributed by atoms with Crippen molar-refractivity contribution in [2.45, 2.75) is 116 Å². The number of hydrogen-bond donors (Lipinski definition) is 0. The molecule has 0 unspecified atom stereocenters. The van der Waals surface area contributed by atoms with Crippen LogP contribution in [0.25, 0.3) is 0 Å². The summed E-state index contributed by atoms with van der Waals surface area (Å²) in [6, 6.07) is 1.46. The highest BCUT2D eigenvalue weighted by Gasteiger charge is 1.98. The van der Waals surface area contributed by atoms with Gasteiger partial charge < -0.3 is 4.74 Å². The summed E-state index contributed by atoms with van der Waals surface area (Å²) in [5.41, 5.74) is 0. The van der Waals surface area contributed by atoms with Gasteiger partial charge >= 0.3 is 5.97 Å². The van der Waals surface area contributed by atoms with E-state index in [1.807, 2.05) is 0 Å². The predicted molar refractivity (Wildman–Crippen MR) is 101 cm³/mol. The summed E-state index contributed by atoms with van der Waals surface area (Å²) in [5.74, 6) is -0.758. The maximum absolute atomic E-state index is 10.6. The fourth-order valence-electron chi connectivity index (χ4n) is 3.02. The van der Waals surface area contributed by atoms with Gasteiger partial charge in [-0.15, -0.1) is 0 Å². The lowest BCUT2D eigenvalue weighted by molar-refractivity contribution is -0.137. The van der Waals surface area contributed by atoms with Gasteiger partial charge in [-0.1, -0.05) is 110 Å². The molecule has 0 saturated heterocycles. The van der Waals surface area contributed by atoms with Crippen LogP contribution in [0.1, 0.15) is 116 Å². The van der Waals surface area contributed by atoms with Gasteiger partial charge in [0.05, 0.1) is 6.61 Å². The molecule has 0 rings (SSSR count). The molecule has 0 heterocycles. The number of nitriles is 1. The highest BCUT2D eigenvalue weighted by Crippen LogP contribution is 2.13. The van der Waals surface area contributed by atoms with E-state index in [1.54, 1.807) is 0 Å². The van der Waals surface area contributed by atoms with Crippen LogP contribution in [0.3, 0.4) is 0 Å². The van der Waals surface area contributed by atoms with Gasteiger partial charge in [0.1, 0.15) is 0 Å². The molecule has 0 aliphatic heterocycles. The van der Waals surface area contributed by atoms with Crippen LogP contribution in [0.4, 0.5) is 0 Å². The number of hydrogen-bond acceptors (Lipinski definition) is 3. The lowest BCUT2D eigenvalue weighted by Gasteiger charge is -2.04. The number of unbranched alkanes of at least 4 members (excludes halogenated alkanes) is 16. The monoisotopic (exact) mass is 337 g/mol. The van der Waals surface area contributed by atoms with Crippen molar-refractivity contribution in [2.75, 3.05) is 6.61 Å². The second-order valence-electron chi connectivity index (χ2n) is 6.90. The first-order valence-corrected chi connectivity index (χ1v) is 10.4. The Morgan fingerprint density at radius 3 is 1.33 bits per heavy atom. The van der Waals surface area contributed by atoms with Gasteiger partial charge in [-0.05, 0) is 6.42 Å². The molecular weight excluding hydrogens is 298 g/mol. The van der Waals surface area contributed by atoms with Gasteiger partial charge in [-0.25, -0.2) is 4.79 Å². The first-order chi connectivity index (χ1) is 11.8. The van der Waals surface area contributed by atoms with E-state index in [0.717, 1.165) is 12.8 Å². The molecule has 0 saturated carbocycles. The molecule has 0 aliphatic carbocycles. The van der Waals surface area contributed by atoms with Gasteiger partial charge in [0.15, 0.2) is 6.07 Å². The third kappa shape index (κ3) is 19.0. The zero-order valence-corrected chi connectivity index (χ0v) is 16.0. The fourth-order valence-corrected chi connectivity index (χ4v) is 3.02. The van der Waals surface area contributed by atoms with Crippen LogP contribution in [0.5, 0.6) is 0 Å². The molecule has 0 radical (unpaired) electrons. The zero-order valence-electron chi connectivity index (χ0n) is 16.0. The van der Waals surface area contributed by atoms with Crippen molar-refractivity contribution in [1.29, 1.82) is 5.26 Å². The Kier molecular flexibility index (Phi) is 19.1. The van der Waals surface area contributed by atoms with Crippen LogP contribution in [0.2, 0.25) is 0 Å². The Balaban J connectivity index is 3.00. The maximum Gasteiger partial charge on any atom is 0.411 e. The maximum atomic E-state index is 10.6. The average Bonchev–Trinajstić information content (AvgIpc) is 2.60. The van der Waals surface area contributed by atoms with E-state index in [2.05, 4.69) is 6.92 Å².